The molecule has 0 radical (unpaired) electrons. The molecule has 0 spiro atoms. The first kappa shape index (κ1) is 50.1. The van der Waals surface area contributed by atoms with Gasteiger partial charge < -0.3 is 29.1 Å². The summed E-state index contributed by atoms with van der Waals surface area (Å²) in [6.07, 6.45) is 9.85. The molecule has 0 bridgehead atoms. The lowest BCUT2D eigenvalue weighted by atomic mass is 9.81. The molecule has 0 unspecified atom stereocenters. The fourth-order valence-electron chi connectivity index (χ4n) is 10.2. The number of ether oxygens (including phenoxy) is 3. The van der Waals surface area contributed by atoms with Crippen LogP contribution in [0.5, 0.6) is 11.5 Å². The quantitative estimate of drug-likeness (QED) is 0.126. The minimum Gasteiger partial charge on any atom is -0.495 e. The summed E-state index contributed by atoms with van der Waals surface area (Å²) in [6.45, 7) is 10.5. The molecule has 2 amide bonds. The van der Waals surface area contributed by atoms with Crippen LogP contribution in [-0.4, -0.2) is 149 Å². The number of pyridine rings is 2. The van der Waals surface area contributed by atoms with E-state index in [1.807, 2.05) is 76.5 Å². The maximum absolute atomic E-state index is 13.6. The molecule has 4 heterocycles. The number of hydrogen-bond donors (Lipinski definition) is 1. The number of aliphatic hydroxyl groups excluding tert-OH is 1. The Morgan fingerprint density at radius 3 is 1.32 bits per heavy atom. The van der Waals surface area contributed by atoms with Gasteiger partial charge >= 0.3 is 5.97 Å². The maximum atomic E-state index is 13.6. The number of para-hydroxylation sites is 4. The van der Waals surface area contributed by atoms with Crippen LogP contribution in [0.15, 0.2) is 97.3 Å². The fourth-order valence-corrected chi connectivity index (χ4v) is 10.2. The zero-order valence-corrected chi connectivity index (χ0v) is 40.4. The highest BCUT2D eigenvalue weighted by atomic mass is 16.5. The van der Waals surface area contributed by atoms with Gasteiger partial charge in [0.05, 0.1) is 38.6 Å². The van der Waals surface area contributed by atoms with Crippen molar-refractivity contribution in [2.75, 3.05) is 126 Å². The lowest BCUT2D eigenvalue weighted by Crippen LogP contribution is -2.50. The third-order valence-electron chi connectivity index (χ3n) is 14.3. The highest BCUT2D eigenvalue weighted by Crippen LogP contribution is 2.34. The molecule has 0 atom stereocenters. The van der Waals surface area contributed by atoms with Crippen molar-refractivity contribution in [3.8, 4) is 11.5 Å². The molecule has 2 aliphatic carbocycles. The molecule has 4 aromatic rings. The van der Waals surface area contributed by atoms with Crippen molar-refractivity contribution in [3.63, 3.8) is 0 Å². The van der Waals surface area contributed by atoms with Gasteiger partial charge in [0.1, 0.15) is 23.1 Å². The molecule has 15 nitrogen and oxygen atoms in total. The summed E-state index contributed by atoms with van der Waals surface area (Å²) in [6, 6.07) is 27.7. The molecule has 2 aromatic carbocycles. The van der Waals surface area contributed by atoms with E-state index < -0.39 is 0 Å². The Morgan fingerprint density at radius 2 is 0.941 bits per heavy atom. The lowest BCUT2D eigenvalue weighted by Gasteiger charge is -2.38. The SMILES string of the molecule is COC(=O)C1CCC(C(=O)N(CCN2CCN(c3ccccc3OC)CC2)c2ccccn2)CC1.COc1ccccc1N1CCN(CCN(C(=O)C2CCC(CO)CC2)c2ccccn2)CC1. The van der Waals surface area contributed by atoms with Crippen LogP contribution in [0.25, 0.3) is 0 Å². The van der Waals surface area contributed by atoms with Crippen LogP contribution < -0.4 is 29.1 Å². The van der Waals surface area contributed by atoms with Crippen LogP contribution in [0.4, 0.5) is 23.0 Å². The van der Waals surface area contributed by atoms with Crippen molar-refractivity contribution in [2.45, 2.75) is 51.4 Å². The van der Waals surface area contributed by atoms with Gasteiger partial charge in [-0.2, -0.15) is 0 Å². The molecule has 8 rings (SSSR count). The van der Waals surface area contributed by atoms with Crippen molar-refractivity contribution < 1.29 is 33.7 Å². The van der Waals surface area contributed by atoms with Crippen molar-refractivity contribution in [3.05, 3.63) is 97.3 Å². The Hall–Kier alpha value is -5.77. The number of anilines is 4. The van der Waals surface area contributed by atoms with E-state index in [2.05, 4.69) is 47.8 Å². The van der Waals surface area contributed by atoms with Crippen LogP contribution in [0.3, 0.4) is 0 Å². The predicted octanol–water partition coefficient (Wildman–Crippen LogP) is 6.27. The first-order chi connectivity index (χ1) is 33.3. The standard InChI is InChI=1S/C27H36N4O4.C26H36N4O3/c1-34-24-8-4-3-7-23(24)30-18-15-29(16-19-30)17-20-31(25-9-5-6-14-28-25)26(32)21-10-12-22(13-11-21)27(33)35-2;1-33-24-7-3-2-6-23(24)29-17-14-28(15-18-29)16-19-30(25-8-4-5-13-27-25)26(32)22-11-9-21(20-31)10-12-22/h3-9,14,21-22H,10-13,15-20H2,1-2H3;2-8,13,21-22,31H,9-12,14-20H2,1H3. The normalized spacial score (nSPS) is 21.2. The number of amides is 2. The van der Waals surface area contributed by atoms with Crippen molar-refractivity contribution in [1.82, 2.24) is 19.8 Å². The number of carbonyl (C=O) groups excluding carboxylic acids is 3. The fraction of sp³-hybridized carbons (Fsp3) is 0.528. The summed E-state index contributed by atoms with van der Waals surface area (Å²) in [4.78, 5) is 61.1. The third-order valence-corrected chi connectivity index (χ3v) is 14.3. The monoisotopic (exact) mass is 933 g/mol. The number of rotatable bonds is 16. The van der Waals surface area contributed by atoms with Crippen LogP contribution in [0.2, 0.25) is 0 Å². The number of nitrogens with zero attached hydrogens (tertiary/aromatic N) is 8. The Morgan fingerprint density at radius 1 is 0.544 bits per heavy atom. The van der Waals surface area contributed by atoms with E-state index in [-0.39, 0.29) is 42.1 Å². The average molecular weight is 933 g/mol. The van der Waals surface area contributed by atoms with E-state index in [9.17, 15) is 19.5 Å². The summed E-state index contributed by atoms with van der Waals surface area (Å²) in [5.74, 6) is 3.56. The van der Waals surface area contributed by atoms with Gasteiger partial charge in [0.2, 0.25) is 11.8 Å². The van der Waals surface area contributed by atoms with Gasteiger partial charge in [-0.15, -0.1) is 0 Å². The molecular formula is C53H72N8O7. The smallest absolute Gasteiger partial charge is 0.308 e. The van der Waals surface area contributed by atoms with E-state index in [1.54, 1.807) is 26.6 Å². The molecule has 2 saturated carbocycles. The van der Waals surface area contributed by atoms with Gasteiger partial charge in [0.25, 0.3) is 0 Å². The molecule has 366 valence electrons. The largest absolute Gasteiger partial charge is 0.495 e. The van der Waals surface area contributed by atoms with Crippen molar-refractivity contribution in [2.24, 2.45) is 23.7 Å². The molecule has 1 N–H and O–H groups in total. The molecule has 4 fully saturated rings. The first-order valence-corrected chi connectivity index (χ1v) is 24.6. The van der Waals surface area contributed by atoms with E-state index in [0.29, 0.717) is 50.5 Å². The number of methoxy groups -OCH3 is 3. The summed E-state index contributed by atoms with van der Waals surface area (Å²) in [7, 11) is 4.85. The Bertz CT molecular complexity index is 2150. The van der Waals surface area contributed by atoms with Crippen molar-refractivity contribution >= 4 is 40.8 Å². The first-order valence-electron chi connectivity index (χ1n) is 24.6. The Labute approximate surface area is 403 Å². The molecule has 2 saturated heterocycles. The number of hydrogen-bond acceptors (Lipinski definition) is 13. The molecule has 68 heavy (non-hydrogen) atoms. The second-order valence-electron chi connectivity index (χ2n) is 18.3. The number of carbonyl (C=O) groups is 3. The Kier molecular flexibility index (Phi) is 18.8. The maximum Gasteiger partial charge on any atom is 0.308 e. The number of benzene rings is 2. The summed E-state index contributed by atoms with van der Waals surface area (Å²) >= 11 is 0. The third kappa shape index (κ3) is 13.3. The Balaban J connectivity index is 0.000000202. The van der Waals surface area contributed by atoms with Gasteiger partial charge in [0.15, 0.2) is 0 Å². The number of esters is 1. The van der Waals surface area contributed by atoms with E-state index >= 15 is 0 Å². The molecular weight excluding hydrogens is 861 g/mol. The van der Waals surface area contributed by atoms with Gasteiger partial charge in [-0.05, 0) is 106 Å². The van der Waals surface area contributed by atoms with Crippen LogP contribution in [0.1, 0.15) is 51.4 Å². The molecule has 4 aliphatic rings. The summed E-state index contributed by atoms with van der Waals surface area (Å²) < 4.78 is 16.0. The highest BCUT2D eigenvalue weighted by Gasteiger charge is 2.34. The second-order valence-corrected chi connectivity index (χ2v) is 18.3. The zero-order chi connectivity index (χ0) is 47.7. The van der Waals surface area contributed by atoms with Crippen molar-refractivity contribution in [1.29, 1.82) is 0 Å². The van der Waals surface area contributed by atoms with Crippen LogP contribution >= 0.6 is 0 Å². The number of piperazine rings is 2. The minimum atomic E-state index is -0.162. The van der Waals surface area contributed by atoms with Crippen LogP contribution in [-0.2, 0) is 19.1 Å². The van der Waals surface area contributed by atoms with Gasteiger partial charge in [-0.25, -0.2) is 9.97 Å². The molecule has 15 heteroatoms. The van der Waals surface area contributed by atoms with E-state index in [1.165, 1.54) is 7.11 Å². The average Bonchev–Trinajstić information content (AvgIpc) is 3.41. The minimum absolute atomic E-state index is 0.0252. The summed E-state index contributed by atoms with van der Waals surface area (Å²) in [5.41, 5.74) is 2.27. The van der Waals surface area contributed by atoms with Gasteiger partial charge in [0, 0.05) is 109 Å². The lowest BCUT2D eigenvalue weighted by molar-refractivity contribution is -0.147. The second kappa shape index (κ2) is 25.6. The van der Waals surface area contributed by atoms with Crippen LogP contribution in [0, 0.1) is 23.7 Å². The van der Waals surface area contributed by atoms with Gasteiger partial charge in [-0.1, -0.05) is 36.4 Å². The van der Waals surface area contributed by atoms with Gasteiger partial charge in [-0.3, -0.25) is 34.0 Å². The molecule has 2 aliphatic heterocycles. The zero-order valence-electron chi connectivity index (χ0n) is 40.4. The predicted molar refractivity (Wildman–Crippen MR) is 266 cm³/mol. The highest BCUT2D eigenvalue weighted by molar-refractivity contribution is 5.95. The molecule has 2 aromatic heterocycles. The van der Waals surface area contributed by atoms with E-state index in [4.69, 9.17) is 14.2 Å². The number of aromatic nitrogens is 2. The van der Waals surface area contributed by atoms with E-state index in [0.717, 1.165) is 120 Å². The number of aliphatic hydroxyl groups is 1. The topological polar surface area (TPSA) is 144 Å². The summed E-state index contributed by atoms with van der Waals surface area (Å²) in [5, 5.41) is 9.43.